The van der Waals surface area contributed by atoms with Gasteiger partial charge in [0.25, 0.3) is 8.53 Å². The number of alkyl halides is 3. The molecule has 0 radical (unpaired) electrons. The lowest BCUT2D eigenvalue weighted by Gasteiger charge is -2.37. The van der Waals surface area contributed by atoms with E-state index in [-0.39, 0.29) is 44.9 Å². The third kappa shape index (κ3) is 14.2. The van der Waals surface area contributed by atoms with E-state index in [0.29, 0.717) is 19.8 Å². The van der Waals surface area contributed by atoms with Gasteiger partial charge in [0.15, 0.2) is 6.23 Å². The van der Waals surface area contributed by atoms with Crippen LogP contribution < -0.4 is 5.32 Å². The van der Waals surface area contributed by atoms with Crippen LogP contribution in [0.5, 0.6) is 0 Å². The minimum absolute atomic E-state index is 0.0343. The fraction of sp³-hybridized carbons (Fsp3) is 0.895. The molecular weight excluding hydrogens is 454 g/mol. The first-order valence-electron chi connectivity index (χ1n) is 10.4. The van der Waals surface area contributed by atoms with Crippen molar-refractivity contribution in [1.82, 2.24) is 9.99 Å². The summed E-state index contributed by atoms with van der Waals surface area (Å²) in [6, 6.07) is 1.80. The SMILES string of the molecule is CCOCCOCCOCC(NC(=O)C(F)(F)F)OP(OCCC#N)N(C(C)C)C(C)C. The summed E-state index contributed by atoms with van der Waals surface area (Å²) in [4.78, 5) is 11.5. The molecule has 32 heavy (non-hydrogen) atoms. The molecule has 2 unspecified atom stereocenters. The number of halogens is 3. The van der Waals surface area contributed by atoms with Crippen LogP contribution in [0.2, 0.25) is 0 Å². The van der Waals surface area contributed by atoms with Crippen molar-refractivity contribution in [3.8, 4) is 6.07 Å². The van der Waals surface area contributed by atoms with Crippen molar-refractivity contribution >= 4 is 14.4 Å². The fourth-order valence-electron chi connectivity index (χ4n) is 2.40. The summed E-state index contributed by atoms with van der Waals surface area (Å²) in [5, 5.41) is 10.6. The topological polar surface area (TPSA) is 102 Å². The number of rotatable bonds is 18. The highest BCUT2D eigenvalue weighted by Crippen LogP contribution is 2.46. The molecule has 1 N–H and O–H groups in total. The molecule has 0 fully saturated rings. The average Bonchev–Trinajstić information content (AvgIpc) is 2.68. The molecule has 0 bridgehead atoms. The number of amides is 1. The number of nitrogens with zero attached hydrogens (tertiary/aromatic N) is 2. The standard InChI is InChI=1S/C19H35F3N3O6P/c1-6-27-10-11-28-12-13-29-14-17(24-18(26)19(20,21)22)31-32(30-9-7-8-23)25(15(2)3)16(4)5/h15-17H,6-7,9-14H2,1-5H3,(H,24,26). The molecule has 0 aromatic carbocycles. The minimum atomic E-state index is -5.08. The van der Waals surface area contributed by atoms with E-state index in [4.69, 9.17) is 28.5 Å². The third-order valence-electron chi connectivity index (χ3n) is 3.65. The maximum Gasteiger partial charge on any atom is 0.471 e. The van der Waals surface area contributed by atoms with Crippen molar-refractivity contribution < 1.29 is 41.2 Å². The molecule has 0 saturated heterocycles. The Morgan fingerprint density at radius 3 is 2.09 bits per heavy atom. The summed E-state index contributed by atoms with van der Waals surface area (Å²) in [6.45, 7) is 10.7. The van der Waals surface area contributed by atoms with E-state index < -0.39 is 26.8 Å². The second-order valence-corrected chi connectivity index (χ2v) is 8.40. The summed E-state index contributed by atoms with van der Waals surface area (Å²) >= 11 is 0. The van der Waals surface area contributed by atoms with Crippen LogP contribution in [-0.4, -0.2) is 81.3 Å². The van der Waals surface area contributed by atoms with Crippen LogP contribution in [0.25, 0.3) is 0 Å². The largest absolute Gasteiger partial charge is 0.471 e. The van der Waals surface area contributed by atoms with Gasteiger partial charge < -0.3 is 24.1 Å². The van der Waals surface area contributed by atoms with E-state index in [1.165, 1.54) is 0 Å². The Morgan fingerprint density at radius 2 is 1.59 bits per heavy atom. The fourth-order valence-corrected chi connectivity index (χ4v) is 4.04. The Bertz CT molecular complexity index is 541. The molecule has 0 spiro atoms. The van der Waals surface area contributed by atoms with E-state index in [1.54, 1.807) is 5.32 Å². The number of hydrogen-bond acceptors (Lipinski definition) is 8. The Labute approximate surface area is 189 Å². The lowest BCUT2D eigenvalue weighted by Crippen LogP contribution is -2.47. The van der Waals surface area contributed by atoms with E-state index in [9.17, 15) is 18.0 Å². The zero-order valence-electron chi connectivity index (χ0n) is 19.3. The van der Waals surface area contributed by atoms with Crippen LogP contribution in [0.1, 0.15) is 41.0 Å². The van der Waals surface area contributed by atoms with Gasteiger partial charge in [-0.15, -0.1) is 0 Å². The van der Waals surface area contributed by atoms with Gasteiger partial charge in [-0.1, -0.05) is 0 Å². The molecule has 1 amide bonds. The Hall–Kier alpha value is -1.06. The molecular formula is C19H35F3N3O6P. The van der Waals surface area contributed by atoms with Crippen molar-refractivity contribution in [3.05, 3.63) is 0 Å². The third-order valence-corrected chi connectivity index (χ3v) is 5.79. The monoisotopic (exact) mass is 489 g/mol. The Balaban J connectivity index is 5.11. The number of carbonyl (C=O) groups is 1. The zero-order chi connectivity index (χ0) is 24.6. The van der Waals surface area contributed by atoms with Gasteiger partial charge in [-0.2, -0.15) is 18.4 Å². The molecule has 0 aliphatic heterocycles. The zero-order valence-corrected chi connectivity index (χ0v) is 20.2. The van der Waals surface area contributed by atoms with Crippen LogP contribution in [-0.2, 0) is 28.1 Å². The predicted octanol–water partition coefficient (Wildman–Crippen LogP) is 3.35. The summed E-state index contributed by atoms with van der Waals surface area (Å²) < 4.78 is 67.4. The number of carbonyl (C=O) groups excluding carboxylic acids is 1. The summed E-state index contributed by atoms with van der Waals surface area (Å²) in [5.74, 6) is -2.15. The van der Waals surface area contributed by atoms with Crippen molar-refractivity contribution in [3.63, 3.8) is 0 Å². The maximum atomic E-state index is 12.8. The molecule has 0 aliphatic carbocycles. The van der Waals surface area contributed by atoms with Gasteiger partial charge in [-0.05, 0) is 34.6 Å². The van der Waals surface area contributed by atoms with Gasteiger partial charge in [0.2, 0.25) is 0 Å². The van der Waals surface area contributed by atoms with Gasteiger partial charge in [0.05, 0.1) is 52.1 Å². The number of ether oxygens (including phenoxy) is 3. The van der Waals surface area contributed by atoms with Crippen LogP contribution in [0.15, 0.2) is 0 Å². The first-order valence-corrected chi connectivity index (χ1v) is 11.5. The average molecular weight is 489 g/mol. The molecule has 9 nitrogen and oxygen atoms in total. The van der Waals surface area contributed by atoms with Crippen molar-refractivity contribution in [1.29, 1.82) is 5.26 Å². The summed E-state index contributed by atoms with van der Waals surface area (Å²) in [6.07, 6.45) is -6.41. The quantitative estimate of drug-likeness (QED) is 0.178. The molecule has 2 atom stereocenters. The van der Waals surface area contributed by atoms with Crippen molar-refractivity contribution in [2.45, 2.75) is 65.5 Å². The van der Waals surface area contributed by atoms with Gasteiger partial charge >= 0.3 is 12.1 Å². The van der Waals surface area contributed by atoms with Crippen LogP contribution in [0.4, 0.5) is 13.2 Å². The molecule has 0 rings (SSSR count). The van der Waals surface area contributed by atoms with E-state index >= 15 is 0 Å². The molecule has 0 heterocycles. The number of nitriles is 1. The molecule has 188 valence electrons. The first-order chi connectivity index (χ1) is 15.0. The second-order valence-electron chi connectivity index (χ2n) is 7.00. The van der Waals surface area contributed by atoms with Crippen LogP contribution in [0, 0.1) is 11.3 Å². The van der Waals surface area contributed by atoms with Crippen molar-refractivity contribution in [2.24, 2.45) is 0 Å². The predicted molar refractivity (Wildman–Crippen MR) is 112 cm³/mol. The van der Waals surface area contributed by atoms with E-state index in [0.717, 1.165) is 0 Å². The molecule has 0 saturated carbocycles. The highest BCUT2D eigenvalue weighted by molar-refractivity contribution is 7.44. The lowest BCUT2D eigenvalue weighted by molar-refractivity contribution is -0.177. The molecule has 0 aromatic rings. The summed E-state index contributed by atoms with van der Waals surface area (Å²) in [5.41, 5.74) is 0. The first kappa shape index (κ1) is 30.9. The van der Waals surface area contributed by atoms with Gasteiger partial charge in [-0.25, -0.2) is 4.67 Å². The number of nitrogens with one attached hydrogen (secondary N) is 1. The Kier molecular flexibility index (Phi) is 16.8. The smallest absolute Gasteiger partial charge is 0.379 e. The molecule has 13 heteroatoms. The number of hydrogen-bond donors (Lipinski definition) is 1. The molecule has 0 aromatic heterocycles. The molecule has 0 aliphatic rings. The van der Waals surface area contributed by atoms with E-state index in [1.807, 2.05) is 45.4 Å². The van der Waals surface area contributed by atoms with Crippen LogP contribution >= 0.6 is 8.53 Å². The van der Waals surface area contributed by atoms with Crippen molar-refractivity contribution in [2.75, 3.05) is 46.2 Å². The van der Waals surface area contributed by atoms with E-state index in [2.05, 4.69) is 0 Å². The van der Waals surface area contributed by atoms with Crippen LogP contribution in [0.3, 0.4) is 0 Å². The summed E-state index contributed by atoms with van der Waals surface area (Å²) in [7, 11) is -1.88. The van der Waals surface area contributed by atoms with Gasteiger partial charge in [-0.3, -0.25) is 9.32 Å². The second kappa shape index (κ2) is 17.4. The highest BCUT2D eigenvalue weighted by Gasteiger charge is 2.41. The highest BCUT2D eigenvalue weighted by atomic mass is 31.2. The van der Waals surface area contributed by atoms with Gasteiger partial charge in [0.1, 0.15) is 0 Å². The lowest BCUT2D eigenvalue weighted by atomic mass is 10.3. The maximum absolute atomic E-state index is 12.8. The normalized spacial score (nSPS) is 14.1. The Morgan fingerprint density at radius 1 is 1.03 bits per heavy atom. The minimum Gasteiger partial charge on any atom is -0.379 e. The van der Waals surface area contributed by atoms with Gasteiger partial charge in [0, 0.05) is 18.7 Å².